The van der Waals surface area contributed by atoms with Crippen LogP contribution in [0.3, 0.4) is 0 Å². The number of likely N-dealkylation sites (tertiary alicyclic amines) is 1. The monoisotopic (exact) mass is 295 g/mol. The zero-order chi connectivity index (χ0) is 14.7. The van der Waals surface area contributed by atoms with Crippen molar-refractivity contribution in [2.45, 2.75) is 38.6 Å². The van der Waals surface area contributed by atoms with Gasteiger partial charge in [0, 0.05) is 23.8 Å². The van der Waals surface area contributed by atoms with E-state index < -0.39 is 0 Å². The molecule has 1 aliphatic heterocycles. The van der Waals surface area contributed by atoms with E-state index in [2.05, 4.69) is 22.2 Å². The summed E-state index contributed by atoms with van der Waals surface area (Å²) in [5, 5.41) is 3.47. The molecule has 0 radical (unpaired) electrons. The number of nitrogens with one attached hydrogen (secondary N) is 1. The Morgan fingerprint density at radius 2 is 2.25 bits per heavy atom. The minimum atomic E-state index is -0.0588. The molecule has 1 saturated heterocycles. The average Bonchev–Trinajstić information content (AvgIpc) is 2.37. The highest BCUT2D eigenvalue weighted by Crippen LogP contribution is 2.18. The predicted molar refractivity (Wildman–Crippen MR) is 81.3 cm³/mol. The minimum absolute atomic E-state index is 0.0588. The molecule has 1 aromatic rings. The van der Waals surface area contributed by atoms with Crippen molar-refractivity contribution in [2.24, 2.45) is 0 Å². The second-order valence-corrected chi connectivity index (χ2v) is 6.22. The van der Waals surface area contributed by atoms with E-state index in [1.165, 1.54) is 0 Å². The molecule has 4 nitrogen and oxygen atoms in total. The first-order valence-electron chi connectivity index (χ1n) is 7.12. The Labute approximate surface area is 125 Å². The summed E-state index contributed by atoms with van der Waals surface area (Å²) in [7, 11) is 2.08. The van der Waals surface area contributed by atoms with Crippen LogP contribution >= 0.6 is 11.6 Å². The van der Waals surface area contributed by atoms with E-state index in [-0.39, 0.29) is 17.9 Å². The van der Waals surface area contributed by atoms with Gasteiger partial charge in [-0.1, -0.05) is 25.4 Å². The van der Waals surface area contributed by atoms with Crippen LogP contribution in [0.5, 0.6) is 0 Å². The van der Waals surface area contributed by atoms with Crippen LogP contribution in [-0.2, 0) is 0 Å². The SMILES string of the molecule is CC(C)c1cc(C(=O)NC2CCCN(C)C2)cc(Cl)n1. The van der Waals surface area contributed by atoms with Gasteiger partial charge in [-0.05, 0) is 44.5 Å². The number of piperidine rings is 1. The topological polar surface area (TPSA) is 45.2 Å². The molecule has 1 N–H and O–H groups in total. The summed E-state index contributed by atoms with van der Waals surface area (Å²) in [4.78, 5) is 18.8. The van der Waals surface area contributed by atoms with Crippen LogP contribution < -0.4 is 5.32 Å². The highest BCUT2D eigenvalue weighted by Gasteiger charge is 2.20. The number of carbonyl (C=O) groups excluding carboxylic acids is 1. The Morgan fingerprint density at radius 1 is 1.50 bits per heavy atom. The molecule has 1 unspecified atom stereocenters. The van der Waals surface area contributed by atoms with Crippen LogP contribution in [-0.4, -0.2) is 42.0 Å². The number of pyridine rings is 1. The summed E-state index contributed by atoms with van der Waals surface area (Å²) < 4.78 is 0. The zero-order valence-corrected chi connectivity index (χ0v) is 13.1. The molecule has 2 rings (SSSR count). The molecule has 0 aliphatic carbocycles. The van der Waals surface area contributed by atoms with Crippen LogP contribution in [0.1, 0.15) is 48.7 Å². The lowest BCUT2D eigenvalue weighted by Crippen LogP contribution is -2.46. The lowest BCUT2D eigenvalue weighted by Gasteiger charge is -2.30. The Morgan fingerprint density at radius 3 is 2.90 bits per heavy atom. The van der Waals surface area contributed by atoms with E-state index >= 15 is 0 Å². The first kappa shape index (κ1) is 15.3. The zero-order valence-electron chi connectivity index (χ0n) is 12.3. The molecule has 1 aromatic heterocycles. The molecular weight excluding hydrogens is 274 g/mol. The van der Waals surface area contributed by atoms with Gasteiger partial charge < -0.3 is 10.2 Å². The highest BCUT2D eigenvalue weighted by molar-refractivity contribution is 6.29. The lowest BCUT2D eigenvalue weighted by molar-refractivity contribution is 0.0912. The molecule has 1 atom stereocenters. The molecule has 1 aliphatic rings. The van der Waals surface area contributed by atoms with Gasteiger partial charge in [-0.15, -0.1) is 0 Å². The number of amides is 1. The van der Waals surface area contributed by atoms with Crippen molar-refractivity contribution in [3.63, 3.8) is 0 Å². The van der Waals surface area contributed by atoms with Crippen molar-refractivity contribution in [1.29, 1.82) is 0 Å². The fourth-order valence-corrected chi connectivity index (χ4v) is 2.71. The second-order valence-electron chi connectivity index (χ2n) is 5.83. The van der Waals surface area contributed by atoms with E-state index in [1.54, 1.807) is 6.07 Å². The summed E-state index contributed by atoms with van der Waals surface area (Å²) in [5.41, 5.74) is 1.45. The molecule has 2 heterocycles. The van der Waals surface area contributed by atoms with E-state index in [9.17, 15) is 4.79 Å². The van der Waals surface area contributed by atoms with Crippen molar-refractivity contribution in [3.8, 4) is 0 Å². The minimum Gasteiger partial charge on any atom is -0.348 e. The van der Waals surface area contributed by atoms with Crippen molar-refractivity contribution in [2.75, 3.05) is 20.1 Å². The van der Waals surface area contributed by atoms with Gasteiger partial charge >= 0.3 is 0 Å². The number of nitrogens with zero attached hydrogens (tertiary/aromatic N) is 2. The fourth-order valence-electron chi connectivity index (χ4n) is 2.50. The molecule has 0 aromatic carbocycles. The number of likely N-dealkylation sites (N-methyl/N-ethyl adjacent to an activating group) is 1. The number of halogens is 1. The van der Waals surface area contributed by atoms with Gasteiger partial charge in [0.05, 0.1) is 0 Å². The molecule has 110 valence electrons. The van der Waals surface area contributed by atoms with Gasteiger partial charge in [-0.3, -0.25) is 4.79 Å². The van der Waals surface area contributed by atoms with Crippen LogP contribution in [0.15, 0.2) is 12.1 Å². The smallest absolute Gasteiger partial charge is 0.251 e. The Hall–Kier alpha value is -1.13. The van der Waals surface area contributed by atoms with Crippen molar-refractivity contribution < 1.29 is 4.79 Å². The number of aromatic nitrogens is 1. The Kier molecular flexibility index (Phi) is 5.00. The third-order valence-electron chi connectivity index (χ3n) is 3.63. The fraction of sp³-hybridized carbons (Fsp3) is 0.600. The van der Waals surface area contributed by atoms with Crippen LogP contribution in [0, 0.1) is 0 Å². The Bertz CT molecular complexity index is 490. The van der Waals surface area contributed by atoms with Gasteiger partial charge in [0.15, 0.2) is 0 Å². The standard InChI is InChI=1S/C15H22ClN3O/c1-10(2)13-7-11(8-14(16)18-13)15(20)17-12-5-4-6-19(3)9-12/h7-8,10,12H,4-6,9H2,1-3H3,(H,17,20). The van der Waals surface area contributed by atoms with Crippen molar-refractivity contribution in [3.05, 3.63) is 28.5 Å². The maximum atomic E-state index is 12.3. The van der Waals surface area contributed by atoms with Gasteiger partial charge in [0.25, 0.3) is 5.91 Å². The van der Waals surface area contributed by atoms with Gasteiger partial charge in [-0.2, -0.15) is 0 Å². The van der Waals surface area contributed by atoms with Crippen molar-refractivity contribution >= 4 is 17.5 Å². The largest absolute Gasteiger partial charge is 0.348 e. The molecule has 0 saturated carbocycles. The molecular formula is C15H22ClN3O. The van der Waals surface area contributed by atoms with E-state index in [4.69, 9.17) is 11.6 Å². The van der Waals surface area contributed by atoms with Gasteiger partial charge in [-0.25, -0.2) is 4.98 Å². The molecule has 0 spiro atoms. The molecule has 20 heavy (non-hydrogen) atoms. The van der Waals surface area contributed by atoms with Crippen molar-refractivity contribution in [1.82, 2.24) is 15.2 Å². The number of rotatable bonds is 3. The quantitative estimate of drug-likeness (QED) is 0.872. The van der Waals surface area contributed by atoms with E-state index in [0.29, 0.717) is 10.7 Å². The normalized spacial score (nSPS) is 20.1. The molecule has 5 heteroatoms. The number of hydrogen-bond donors (Lipinski definition) is 1. The summed E-state index contributed by atoms with van der Waals surface area (Å²) in [6.45, 7) is 6.08. The second kappa shape index (κ2) is 6.55. The predicted octanol–water partition coefficient (Wildman–Crippen LogP) is 2.68. The van der Waals surface area contributed by atoms with Crippen LogP contribution in [0.25, 0.3) is 0 Å². The lowest BCUT2D eigenvalue weighted by atomic mass is 10.0. The molecule has 1 amide bonds. The summed E-state index contributed by atoms with van der Waals surface area (Å²) in [6.07, 6.45) is 2.15. The highest BCUT2D eigenvalue weighted by atomic mass is 35.5. The summed E-state index contributed by atoms with van der Waals surface area (Å²) in [6, 6.07) is 3.68. The average molecular weight is 296 g/mol. The Balaban J connectivity index is 2.08. The maximum Gasteiger partial charge on any atom is 0.251 e. The third kappa shape index (κ3) is 3.93. The first-order valence-corrected chi connectivity index (χ1v) is 7.50. The number of carbonyl (C=O) groups is 1. The van der Waals surface area contributed by atoms with Gasteiger partial charge in [0.2, 0.25) is 0 Å². The molecule has 1 fully saturated rings. The van der Waals surface area contributed by atoms with Crippen LogP contribution in [0.4, 0.5) is 0 Å². The van der Waals surface area contributed by atoms with Crippen LogP contribution in [0.2, 0.25) is 5.15 Å². The summed E-state index contributed by atoms with van der Waals surface area (Å²) >= 11 is 6.00. The maximum absolute atomic E-state index is 12.3. The summed E-state index contributed by atoms with van der Waals surface area (Å²) in [5.74, 6) is 0.192. The number of hydrogen-bond acceptors (Lipinski definition) is 3. The van der Waals surface area contributed by atoms with Gasteiger partial charge in [0.1, 0.15) is 5.15 Å². The molecule has 0 bridgehead atoms. The first-order chi connectivity index (χ1) is 9.45. The van der Waals surface area contributed by atoms with E-state index in [0.717, 1.165) is 31.6 Å². The third-order valence-corrected chi connectivity index (χ3v) is 3.82. The van der Waals surface area contributed by atoms with E-state index in [1.807, 2.05) is 19.9 Å².